The molecule has 0 unspecified atom stereocenters. The minimum Gasteiger partial charge on any atom is -0.383 e. The van der Waals surface area contributed by atoms with Crippen LogP contribution in [0.25, 0.3) is 22.2 Å². The van der Waals surface area contributed by atoms with Crippen LogP contribution < -0.4 is 5.32 Å². The quantitative estimate of drug-likeness (QED) is 0.305. The predicted octanol–water partition coefficient (Wildman–Crippen LogP) is 4.87. The van der Waals surface area contributed by atoms with Gasteiger partial charge in [0.2, 0.25) is 0 Å². The fraction of sp³-hybridized carbons (Fsp3) is 0.308. The van der Waals surface area contributed by atoms with Crippen LogP contribution in [0.5, 0.6) is 0 Å². The number of benzene rings is 2. The van der Waals surface area contributed by atoms with Crippen LogP contribution in [0.15, 0.2) is 67.1 Å². The second-order valence-electron chi connectivity index (χ2n) is 9.66. The molecule has 7 nitrogen and oxygen atoms in total. The SMILES string of the molecule is C[C@H]1O[C@@H](n2cc(-c3ccccc3)c3c(Nc4ccc(I)cc4)ncnc32)[C@@]2(O)C(C)(C)[C@@]12O. The van der Waals surface area contributed by atoms with E-state index in [9.17, 15) is 10.2 Å². The topological polar surface area (TPSA) is 92.4 Å². The van der Waals surface area contributed by atoms with Crippen molar-refractivity contribution < 1.29 is 14.9 Å². The monoisotopic (exact) mass is 568 g/mol. The van der Waals surface area contributed by atoms with Crippen LogP contribution in [0.2, 0.25) is 0 Å². The Hall–Kier alpha value is -2.53. The fourth-order valence-corrected chi connectivity index (χ4v) is 6.09. The average Bonchev–Trinajstić information content (AvgIpc) is 3.12. The van der Waals surface area contributed by atoms with Crippen molar-refractivity contribution in [2.75, 3.05) is 5.32 Å². The van der Waals surface area contributed by atoms with Gasteiger partial charge in [-0.2, -0.15) is 0 Å². The number of aromatic nitrogens is 3. The molecule has 1 saturated heterocycles. The summed E-state index contributed by atoms with van der Waals surface area (Å²) in [4.78, 5) is 9.17. The summed E-state index contributed by atoms with van der Waals surface area (Å²) >= 11 is 2.28. The molecule has 0 radical (unpaired) electrons. The van der Waals surface area contributed by atoms with Crippen molar-refractivity contribution in [1.82, 2.24) is 14.5 Å². The van der Waals surface area contributed by atoms with Gasteiger partial charge in [0, 0.05) is 26.4 Å². The normalized spacial score (nSPS) is 29.2. The molecule has 2 aromatic heterocycles. The first-order chi connectivity index (χ1) is 16.2. The highest BCUT2D eigenvalue weighted by molar-refractivity contribution is 14.1. The van der Waals surface area contributed by atoms with Crippen LogP contribution in [0.1, 0.15) is 27.0 Å². The van der Waals surface area contributed by atoms with Gasteiger partial charge in [0.05, 0.1) is 11.5 Å². The maximum Gasteiger partial charge on any atom is 0.168 e. The lowest BCUT2D eigenvalue weighted by atomic mass is 10.0. The minimum atomic E-state index is -1.44. The molecule has 1 aliphatic carbocycles. The van der Waals surface area contributed by atoms with Crippen molar-refractivity contribution >= 4 is 45.1 Å². The van der Waals surface area contributed by atoms with Gasteiger partial charge < -0.3 is 24.8 Å². The van der Waals surface area contributed by atoms with Crippen LogP contribution in [-0.2, 0) is 4.74 Å². The maximum absolute atomic E-state index is 11.7. The molecule has 3 N–H and O–H groups in total. The Morgan fingerprint density at radius 1 is 1.00 bits per heavy atom. The molecule has 2 aromatic carbocycles. The van der Waals surface area contributed by atoms with E-state index in [0.717, 1.165) is 25.8 Å². The van der Waals surface area contributed by atoms with Gasteiger partial charge in [-0.05, 0) is 59.3 Å². The first-order valence-corrected chi connectivity index (χ1v) is 12.3. The Labute approximate surface area is 211 Å². The maximum atomic E-state index is 11.7. The highest BCUT2D eigenvalue weighted by atomic mass is 127. The van der Waals surface area contributed by atoms with Crippen LogP contribution >= 0.6 is 22.6 Å². The Morgan fingerprint density at radius 3 is 2.35 bits per heavy atom. The van der Waals surface area contributed by atoms with E-state index in [4.69, 9.17) is 4.74 Å². The molecule has 8 heteroatoms. The minimum absolute atomic E-state index is 0.527. The number of anilines is 2. The second kappa shape index (κ2) is 7.24. The van der Waals surface area contributed by atoms with Gasteiger partial charge in [-0.3, -0.25) is 0 Å². The third-order valence-corrected chi connectivity index (χ3v) is 8.48. The van der Waals surface area contributed by atoms with Crippen molar-refractivity contribution in [2.45, 2.75) is 44.3 Å². The Kier molecular flexibility index (Phi) is 4.68. The number of halogens is 1. The summed E-state index contributed by atoms with van der Waals surface area (Å²) in [7, 11) is 0. The van der Waals surface area contributed by atoms with Gasteiger partial charge in [-0.25, -0.2) is 9.97 Å². The van der Waals surface area contributed by atoms with Gasteiger partial charge in [-0.1, -0.05) is 44.2 Å². The molecule has 0 bridgehead atoms. The van der Waals surface area contributed by atoms with Gasteiger partial charge in [0.1, 0.15) is 29.0 Å². The molecular weight excluding hydrogens is 543 g/mol. The zero-order chi connectivity index (χ0) is 23.9. The van der Waals surface area contributed by atoms with Crippen molar-refractivity contribution in [3.63, 3.8) is 0 Å². The zero-order valence-corrected chi connectivity index (χ0v) is 21.2. The number of fused-ring (bicyclic) bond motifs is 2. The summed E-state index contributed by atoms with van der Waals surface area (Å²) in [6, 6.07) is 18.1. The molecule has 2 fully saturated rings. The summed E-state index contributed by atoms with van der Waals surface area (Å²) < 4.78 is 9.16. The molecule has 2 aliphatic rings. The van der Waals surface area contributed by atoms with E-state index in [1.165, 1.54) is 6.33 Å². The number of rotatable bonds is 4. The number of nitrogens with zero attached hydrogens (tertiary/aromatic N) is 3. The van der Waals surface area contributed by atoms with E-state index in [1.54, 1.807) is 0 Å². The number of hydrogen-bond acceptors (Lipinski definition) is 6. The van der Waals surface area contributed by atoms with Crippen molar-refractivity contribution in [1.29, 1.82) is 0 Å². The number of nitrogens with one attached hydrogen (secondary N) is 1. The van der Waals surface area contributed by atoms with Crippen LogP contribution in [0, 0.1) is 8.99 Å². The van der Waals surface area contributed by atoms with Crippen LogP contribution in [0.4, 0.5) is 11.5 Å². The molecule has 0 spiro atoms. The molecule has 4 aromatic rings. The smallest absolute Gasteiger partial charge is 0.168 e. The first kappa shape index (κ1) is 22.0. The Bertz CT molecular complexity index is 1410. The second-order valence-corrected chi connectivity index (χ2v) is 10.9. The van der Waals surface area contributed by atoms with Gasteiger partial charge in [0.15, 0.2) is 6.23 Å². The van der Waals surface area contributed by atoms with Crippen molar-refractivity contribution in [2.24, 2.45) is 5.41 Å². The summed E-state index contributed by atoms with van der Waals surface area (Å²) in [5, 5.41) is 27.2. The molecule has 6 rings (SSSR count). The summed E-state index contributed by atoms with van der Waals surface area (Å²) in [5.74, 6) is 0.659. The van der Waals surface area contributed by atoms with E-state index in [1.807, 2.05) is 86.1 Å². The standard InChI is InChI=1S/C26H25IN4O3/c1-15-25(32)24(2,3)26(25,33)23(34-15)31-13-19(16-7-5-4-6-8-16)20-21(28-14-29-22(20)31)30-18-11-9-17(27)10-12-18/h4-15,23,32-33H,1-3H3,(H,28,29,30)/t15-,23-,25+,26-/m1/s1. The summed E-state index contributed by atoms with van der Waals surface area (Å²) in [6.45, 7) is 5.56. The molecule has 1 saturated carbocycles. The molecule has 34 heavy (non-hydrogen) atoms. The molecule has 0 amide bonds. The number of hydrogen-bond donors (Lipinski definition) is 3. The lowest BCUT2D eigenvalue weighted by Crippen LogP contribution is -2.30. The number of aliphatic hydroxyl groups is 2. The largest absolute Gasteiger partial charge is 0.383 e. The predicted molar refractivity (Wildman–Crippen MR) is 139 cm³/mol. The highest BCUT2D eigenvalue weighted by Crippen LogP contribution is 2.75. The van der Waals surface area contributed by atoms with Crippen LogP contribution in [0.3, 0.4) is 0 Å². The van der Waals surface area contributed by atoms with Gasteiger partial charge in [0.25, 0.3) is 0 Å². The fourth-order valence-electron chi connectivity index (χ4n) is 5.73. The average molecular weight is 568 g/mol. The first-order valence-electron chi connectivity index (χ1n) is 11.2. The van der Waals surface area contributed by atoms with E-state index < -0.39 is 28.9 Å². The van der Waals surface area contributed by atoms with E-state index in [0.29, 0.717) is 11.5 Å². The lowest BCUT2D eigenvalue weighted by Gasteiger charge is -2.26. The third kappa shape index (κ3) is 2.68. The number of ether oxygens (including phenoxy) is 1. The van der Waals surface area contributed by atoms with E-state index >= 15 is 0 Å². The molecule has 1 aliphatic heterocycles. The van der Waals surface area contributed by atoms with Crippen molar-refractivity contribution in [3.8, 4) is 11.1 Å². The van der Waals surface area contributed by atoms with Crippen LogP contribution in [-0.4, -0.2) is 42.1 Å². The van der Waals surface area contributed by atoms with E-state index in [2.05, 4.69) is 37.9 Å². The summed E-state index contributed by atoms with van der Waals surface area (Å²) in [5.41, 5.74) is -0.0415. The molecule has 174 valence electrons. The third-order valence-electron chi connectivity index (χ3n) is 7.76. The van der Waals surface area contributed by atoms with E-state index in [-0.39, 0.29) is 0 Å². The van der Waals surface area contributed by atoms with Gasteiger partial charge in [-0.15, -0.1) is 0 Å². The van der Waals surface area contributed by atoms with Crippen molar-refractivity contribution in [3.05, 3.63) is 70.7 Å². The molecular formula is C26H25IN4O3. The Balaban J connectivity index is 1.56. The Morgan fingerprint density at radius 2 is 1.71 bits per heavy atom. The lowest BCUT2D eigenvalue weighted by molar-refractivity contribution is -0.105. The molecule has 3 heterocycles. The van der Waals surface area contributed by atoms with Gasteiger partial charge >= 0.3 is 0 Å². The summed E-state index contributed by atoms with van der Waals surface area (Å²) in [6.07, 6.45) is 2.14. The zero-order valence-electron chi connectivity index (χ0n) is 19.0. The molecule has 4 atom stereocenters. The highest BCUT2D eigenvalue weighted by Gasteiger charge is 2.91.